The minimum atomic E-state index is -4.55. The molecule has 0 saturated carbocycles. The van der Waals surface area contributed by atoms with Crippen LogP contribution in [0.15, 0.2) is 42.7 Å². The summed E-state index contributed by atoms with van der Waals surface area (Å²) in [6, 6.07) is 7.34. The molecule has 1 saturated heterocycles. The molecule has 0 aliphatic carbocycles. The molecule has 1 aromatic carbocycles. The Bertz CT molecular complexity index is 863. The van der Waals surface area contributed by atoms with Crippen LogP contribution in [0, 0.1) is 0 Å². The lowest BCUT2D eigenvalue weighted by molar-refractivity contribution is -0.136. The van der Waals surface area contributed by atoms with Gasteiger partial charge in [0.25, 0.3) is 0 Å². The quantitative estimate of drug-likeness (QED) is 0.590. The molecule has 0 atom stereocenters. The zero-order chi connectivity index (χ0) is 22.3. The van der Waals surface area contributed by atoms with Crippen molar-refractivity contribution in [2.75, 3.05) is 44.7 Å². The molecule has 5 nitrogen and oxygen atoms in total. The second-order valence-corrected chi connectivity index (χ2v) is 8.03. The van der Waals surface area contributed by atoms with E-state index in [2.05, 4.69) is 15.2 Å². The fourth-order valence-electron chi connectivity index (χ4n) is 3.33. The van der Waals surface area contributed by atoms with E-state index in [1.807, 2.05) is 17.0 Å². The standard InChI is InChI=1S/C21H24ClF3N4OS/c22-17-2-3-19(18(14-17)21(23,24)25)27-20(31)29(15-16-4-6-26-7-5-16)9-1-8-28-10-12-30-13-11-28/h2-7,14H,1,8-13,15H2,(H,27,31). The number of rotatable bonds is 7. The number of hydrogen-bond donors (Lipinski definition) is 1. The van der Waals surface area contributed by atoms with Gasteiger partial charge in [-0.15, -0.1) is 0 Å². The molecule has 0 amide bonds. The lowest BCUT2D eigenvalue weighted by Crippen LogP contribution is -2.40. The van der Waals surface area contributed by atoms with Crippen LogP contribution in [-0.2, 0) is 17.5 Å². The van der Waals surface area contributed by atoms with Crippen molar-refractivity contribution in [2.24, 2.45) is 0 Å². The van der Waals surface area contributed by atoms with Crippen LogP contribution in [0.1, 0.15) is 17.5 Å². The van der Waals surface area contributed by atoms with Crippen LogP contribution >= 0.6 is 23.8 Å². The van der Waals surface area contributed by atoms with Gasteiger partial charge in [-0.3, -0.25) is 9.88 Å². The van der Waals surface area contributed by atoms with Crippen molar-refractivity contribution in [3.05, 3.63) is 58.9 Å². The zero-order valence-electron chi connectivity index (χ0n) is 16.9. The Morgan fingerprint density at radius 2 is 1.90 bits per heavy atom. The molecule has 1 aromatic heterocycles. The largest absolute Gasteiger partial charge is 0.418 e. The highest BCUT2D eigenvalue weighted by molar-refractivity contribution is 7.80. The molecule has 10 heteroatoms. The summed E-state index contributed by atoms with van der Waals surface area (Å²) in [5, 5.41) is 3.03. The number of pyridine rings is 1. The number of ether oxygens (including phenoxy) is 1. The highest BCUT2D eigenvalue weighted by Crippen LogP contribution is 2.36. The van der Waals surface area contributed by atoms with Crippen LogP contribution in [0.2, 0.25) is 5.02 Å². The third-order valence-electron chi connectivity index (χ3n) is 4.94. The van der Waals surface area contributed by atoms with Crippen molar-refractivity contribution in [2.45, 2.75) is 19.1 Å². The second kappa shape index (κ2) is 11.1. The minimum absolute atomic E-state index is 0.0166. The van der Waals surface area contributed by atoms with Crippen LogP contribution in [-0.4, -0.2) is 59.3 Å². The number of morpholine rings is 1. The molecule has 1 aliphatic heterocycles. The van der Waals surface area contributed by atoms with Crippen LogP contribution in [0.5, 0.6) is 0 Å². The van der Waals surface area contributed by atoms with Gasteiger partial charge >= 0.3 is 6.18 Å². The van der Waals surface area contributed by atoms with E-state index >= 15 is 0 Å². The molecule has 2 heterocycles. The van der Waals surface area contributed by atoms with Crippen molar-refractivity contribution in [3.63, 3.8) is 0 Å². The summed E-state index contributed by atoms with van der Waals surface area (Å²) in [5.41, 5.74) is 0.00649. The van der Waals surface area contributed by atoms with Gasteiger partial charge in [-0.2, -0.15) is 13.2 Å². The Labute approximate surface area is 190 Å². The average Bonchev–Trinajstić information content (AvgIpc) is 2.75. The van der Waals surface area contributed by atoms with Gasteiger partial charge in [0.1, 0.15) is 0 Å². The summed E-state index contributed by atoms with van der Waals surface area (Å²) in [6.07, 6.45) is -0.369. The van der Waals surface area contributed by atoms with E-state index in [4.69, 9.17) is 28.6 Å². The fourth-order valence-corrected chi connectivity index (χ4v) is 3.76. The molecule has 168 valence electrons. The number of nitrogens with one attached hydrogen (secondary N) is 1. The predicted molar refractivity (Wildman–Crippen MR) is 119 cm³/mol. The maximum atomic E-state index is 13.5. The van der Waals surface area contributed by atoms with Crippen LogP contribution in [0.4, 0.5) is 18.9 Å². The maximum Gasteiger partial charge on any atom is 0.418 e. The van der Waals surface area contributed by atoms with E-state index in [0.29, 0.717) is 13.1 Å². The lowest BCUT2D eigenvalue weighted by Gasteiger charge is -2.30. The highest BCUT2D eigenvalue weighted by Gasteiger charge is 2.34. The van der Waals surface area contributed by atoms with Crippen LogP contribution < -0.4 is 5.32 Å². The number of alkyl halides is 3. The Hall–Kier alpha value is -1.94. The summed E-state index contributed by atoms with van der Waals surface area (Å²) >= 11 is 11.3. The normalized spacial score (nSPS) is 15.0. The SMILES string of the molecule is FC(F)(F)c1cc(Cl)ccc1NC(=S)N(CCCN1CCOCC1)Cc1ccncc1. The third-order valence-corrected chi connectivity index (χ3v) is 5.54. The molecule has 1 fully saturated rings. The van der Waals surface area contributed by atoms with Gasteiger partial charge in [-0.1, -0.05) is 11.6 Å². The molecule has 31 heavy (non-hydrogen) atoms. The Morgan fingerprint density at radius 1 is 1.19 bits per heavy atom. The van der Waals surface area contributed by atoms with Crippen LogP contribution in [0.3, 0.4) is 0 Å². The van der Waals surface area contributed by atoms with Gasteiger partial charge in [0.15, 0.2) is 5.11 Å². The van der Waals surface area contributed by atoms with E-state index < -0.39 is 11.7 Å². The average molecular weight is 473 g/mol. The minimum Gasteiger partial charge on any atom is -0.379 e. The summed E-state index contributed by atoms with van der Waals surface area (Å²) in [6.45, 7) is 5.13. The van der Waals surface area contributed by atoms with Gasteiger partial charge in [-0.05, 0) is 54.5 Å². The van der Waals surface area contributed by atoms with E-state index in [1.165, 1.54) is 12.1 Å². The molecule has 2 aromatic rings. The van der Waals surface area contributed by atoms with E-state index in [-0.39, 0.29) is 15.8 Å². The molecular formula is C21H24ClF3N4OS. The first-order chi connectivity index (χ1) is 14.8. The zero-order valence-corrected chi connectivity index (χ0v) is 18.4. The number of anilines is 1. The smallest absolute Gasteiger partial charge is 0.379 e. The van der Waals surface area contributed by atoms with Crippen molar-refractivity contribution in [1.29, 1.82) is 0 Å². The van der Waals surface area contributed by atoms with Crippen molar-refractivity contribution >= 4 is 34.6 Å². The van der Waals surface area contributed by atoms with Gasteiger partial charge in [0, 0.05) is 50.1 Å². The Kier molecular flexibility index (Phi) is 8.48. The summed E-state index contributed by atoms with van der Waals surface area (Å²) in [7, 11) is 0. The third kappa shape index (κ3) is 7.31. The van der Waals surface area contributed by atoms with E-state index in [9.17, 15) is 13.2 Å². The van der Waals surface area contributed by atoms with Gasteiger partial charge in [-0.25, -0.2) is 0 Å². The van der Waals surface area contributed by atoms with E-state index in [0.717, 1.165) is 50.9 Å². The lowest BCUT2D eigenvalue weighted by atomic mass is 10.1. The second-order valence-electron chi connectivity index (χ2n) is 7.20. The number of halogens is 4. The summed E-state index contributed by atoms with van der Waals surface area (Å²) in [4.78, 5) is 8.20. The van der Waals surface area contributed by atoms with E-state index in [1.54, 1.807) is 12.4 Å². The molecule has 0 unspecified atom stereocenters. The maximum absolute atomic E-state index is 13.5. The Morgan fingerprint density at radius 3 is 2.58 bits per heavy atom. The number of thiocarbonyl (C=S) groups is 1. The molecule has 1 aliphatic rings. The molecular weight excluding hydrogens is 449 g/mol. The van der Waals surface area contributed by atoms with Gasteiger partial charge in [0.05, 0.1) is 24.5 Å². The monoisotopic (exact) mass is 472 g/mol. The fraction of sp³-hybridized carbons (Fsp3) is 0.429. The van der Waals surface area contributed by atoms with Crippen molar-refractivity contribution in [3.8, 4) is 0 Å². The molecule has 0 bridgehead atoms. The number of hydrogen-bond acceptors (Lipinski definition) is 4. The van der Waals surface area contributed by atoms with Crippen molar-refractivity contribution in [1.82, 2.24) is 14.8 Å². The molecule has 0 spiro atoms. The summed E-state index contributed by atoms with van der Waals surface area (Å²) in [5.74, 6) is 0. The molecule has 1 N–H and O–H groups in total. The van der Waals surface area contributed by atoms with Gasteiger partial charge in [0.2, 0.25) is 0 Å². The van der Waals surface area contributed by atoms with Crippen molar-refractivity contribution < 1.29 is 17.9 Å². The first-order valence-corrected chi connectivity index (χ1v) is 10.7. The number of benzene rings is 1. The number of aromatic nitrogens is 1. The molecule has 3 rings (SSSR count). The first kappa shape index (κ1) is 23.7. The Balaban J connectivity index is 1.71. The molecule has 0 radical (unpaired) electrons. The summed E-state index contributed by atoms with van der Waals surface area (Å²) < 4.78 is 45.7. The highest BCUT2D eigenvalue weighted by atomic mass is 35.5. The predicted octanol–water partition coefficient (Wildman–Crippen LogP) is 4.68. The van der Waals surface area contributed by atoms with Crippen LogP contribution in [0.25, 0.3) is 0 Å². The number of nitrogens with zero attached hydrogens (tertiary/aromatic N) is 3. The first-order valence-electron chi connectivity index (χ1n) is 9.94. The topological polar surface area (TPSA) is 40.6 Å². The van der Waals surface area contributed by atoms with Gasteiger partial charge < -0.3 is 15.0 Å².